The summed E-state index contributed by atoms with van der Waals surface area (Å²) in [6.07, 6.45) is 1.66. The summed E-state index contributed by atoms with van der Waals surface area (Å²) in [6.45, 7) is 10.8. The van der Waals surface area contributed by atoms with Gasteiger partial charge in [0.25, 0.3) is 5.91 Å². The van der Waals surface area contributed by atoms with Crippen LogP contribution in [-0.4, -0.2) is 22.8 Å². The summed E-state index contributed by atoms with van der Waals surface area (Å²) in [5, 5.41) is 7.21. The van der Waals surface area contributed by atoms with Crippen molar-refractivity contribution in [1.29, 1.82) is 0 Å². The molecule has 0 saturated heterocycles. The van der Waals surface area contributed by atoms with E-state index in [0.29, 0.717) is 18.2 Å². The summed E-state index contributed by atoms with van der Waals surface area (Å²) in [5.74, 6) is 1.15. The summed E-state index contributed by atoms with van der Waals surface area (Å²) in [4.78, 5) is 12.5. The molecule has 24 heavy (non-hydrogen) atoms. The van der Waals surface area contributed by atoms with E-state index in [1.54, 1.807) is 24.1 Å². The molecule has 0 aliphatic rings. The molecule has 0 unspecified atom stereocenters. The number of benzene rings is 1. The van der Waals surface area contributed by atoms with E-state index in [0.717, 1.165) is 22.4 Å². The van der Waals surface area contributed by atoms with Gasteiger partial charge in [0.1, 0.15) is 11.4 Å². The molecule has 0 bridgehead atoms. The van der Waals surface area contributed by atoms with Crippen molar-refractivity contribution in [2.75, 3.05) is 7.11 Å². The molecule has 0 fully saturated rings. The minimum absolute atomic E-state index is 0.109. The molecule has 2 aromatic rings. The van der Waals surface area contributed by atoms with Crippen LogP contribution in [-0.2, 0) is 6.54 Å². The highest BCUT2D eigenvalue weighted by atomic mass is 16.5. The number of carbonyl (C=O) groups excluding carboxylic acids is 1. The highest BCUT2D eigenvalue weighted by Gasteiger charge is 2.15. The van der Waals surface area contributed by atoms with E-state index in [1.807, 2.05) is 26.8 Å². The van der Waals surface area contributed by atoms with Crippen LogP contribution >= 0.6 is 0 Å². The zero-order valence-electron chi connectivity index (χ0n) is 15.4. The topological polar surface area (TPSA) is 56.1 Å². The molecule has 0 aliphatic heterocycles. The number of amides is 1. The van der Waals surface area contributed by atoms with Gasteiger partial charge in [-0.25, -0.2) is 0 Å². The summed E-state index contributed by atoms with van der Waals surface area (Å²) >= 11 is 0. The molecule has 1 aromatic heterocycles. The van der Waals surface area contributed by atoms with Crippen molar-refractivity contribution < 1.29 is 9.53 Å². The molecule has 1 amide bonds. The first kappa shape index (κ1) is 18.0. The van der Waals surface area contributed by atoms with Gasteiger partial charge in [0.15, 0.2) is 0 Å². The molecule has 5 heteroatoms. The Bertz CT molecular complexity index is 717. The standard InChI is InChI=1S/C19H27N3O2/c1-12(2)16-10-15(14(5)9-18(16)24-6)11-20-19(23)17-7-8-21-22(17)13(3)4/h7-10,12-13H,11H2,1-6H3,(H,20,23). The number of ether oxygens (including phenoxy) is 1. The zero-order chi connectivity index (χ0) is 17.9. The van der Waals surface area contributed by atoms with E-state index in [-0.39, 0.29) is 11.9 Å². The number of aromatic nitrogens is 2. The minimum atomic E-state index is -0.109. The maximum atomic E-state index is 12.5. The maximum Gasteiger partial charge on any atom is 0.269 e. The SMILES string of the molecule is COc1cc(C)c(CNC(=O)c2ccnn2C(C)C)cc1C(C)C. The molecule has 0 radical (unpaired) electrons. The average Bonchev–Trinajstić information content (AvgIpc) is 3.02. The summed E-state index contributed by atoms with van der Waals surface area (Å²) in [5.41, 5.74) is 3.94. The Morgan fingerprint density at radius 1 is 1.29 bits per heavy atom. The summed E-state index contributed by atoms with van der Waals surface area (Å²) in [7, 11) is 1.69. The molecule has 1 aromatic carbocycles. The third-order valence-electron chi connectivity index (χ3n) is 4.14. The molecular weight excluding hydrogens is 302 g/mol. The lowest BCUT2D eigenvalue weighted by atomic mass is 9.96. The van der Waals surface area contributed by atoms with Crippen molar-refractivity contribution in [3.05, 3.63) is 46.8 Å². The fourth-order valence-electron chi connectivity index (χ4n) is 2.74. The zero-order valence-corrected chi connectivity index (χ0v) is 15.4. The van der Waals surface area contributed by atoms with E-state index in [2.05, 4.69) is 30.3 Å². The molecule has 1 heterocycles. The lowest BCUT2D eigenvalue weighted by Gasteiger charge is -2.17. The normalized spacial score (nSPS) is 11.2. The van der Waals surface area contributed by atoms with Gasteiger partial charge in [0.2, 0.25) is 0 Å². The first-order valence-corrected chi connectivity index (χ1v) is 8.34. The van der Waals surface area contributed by atoms with Gasteiger partial charge in [0, 0.05) is 18.8 Å². The third-order valence-corrected chi connectivity index (χ3v) is 4.14. The Hall–Kier alpha value is -2.30. The van der Waals surface area contributed by atoms with Crippen LogP contribution < -0.4 is 10.1 Å². The smallest absolute Gasteiger partial charge is 0.269 e. The number of hydrogen-bond donors (Lipinski definition) is 1. The van der Waals surface area contributed by atoms with Crippen LogP contribution in [0.25, 0.3) is 0 Å². The second-order valence-corrected chi connectivity index (χ2v) is 6.61. The predicted octanol–water partition coefficient (Wildman–Crippen LogP) is 3.83. The summed E-state index contributed by atoms with van der Waals surface area (Å²) < 4.78 is 7.20. The first-order chi connectivity index (χ1) is 11.3. The number of nitrogens with zero attached hydrogens (tertiary/aromatic N) is 2. The summed E-state index contributed by atoms with van der Waals surface area (Å²) in [6, 6.07) is 6.06. The van der Waals surface area contributed by atoms with Gasteiger partial charge >= 0.3 is 0 Å². The van der Waals surface area contributed by atoms with E-state index in [1.165, 1.54) is 0 Å². The number of methoxy groups -OCH3 is 1. The molecule has 5 nitrogen and oxygen atoms in total. The molecular formula is C19H27N3O2. The number of nitrogens with one attached hydrogen (secondary N) is 1. The van der Waals surface area contributed by atoms with Crippen molar-refractivity contribution in [2.45, 2.75) is 53.1 Å². The number of carbonyl (C=O) groups is 1. The van der Waals surface area contributed by atoms with Crippen molar-refractivity contribution in [3.8, 4) is 5.75 Å². The fourth-order valence-corrected chi connectivity index (χ4v) is 2.74. The lowest BCUT2D eigenvalue weighted by Crippen LogP contribution is -2.26. The molecule has 0 saturated carbocycles. The number of hydrogen-bond acceptors (Lipinski definition) is 3. The lowest BCUT2D eigenvalue weighted by molar-refractivity contribution is 0.0938. The van der Waals surface area contributed by atoms with Crippen molar-refractivity contribution in [3.63, 3.8) is 0 Å². The predicted molar refractivity (Wildman–Crippen MR) is 95.6 cm³/mol. The molecule has 0 aliphatic carbocycles. The van der Waals surface area contributed by atoms with Crippen molar-refractivity contribution >= 4 is 5.91 Å². The second kappa shape index (κ2) is 7.51. The Balaban J connectivity index is 2.18. The second-order valence-electron chi connectivity index (χ2n) is 6.61. The molecule has 0 atom stereocenters. The Morgan fingerprint density at radius 3 is 2.58 bits per heavy atom. The molecule has 1 N–H and O–H groups in total. The fraction of sp³-hybridized carbons (Fsp3) is 0.474. The van der Waals surface area contributed by atoms with Gasteiger partial charge in [-0.2, -0.15) is 5.10 Å². The van der Waals surface area contributed by atoms with E-state index in [4.69, 9.17) is 4.74 Å². The van der Waals surface area contributed by atoms with Crippen LogP contribution in [0.4, 0.5) is 0 Å². The Morgan fingerprint density at radius 2 is 2.00 bits per heavy atom. The van der Waals surface area contributed by atoms with Crippen LogP contribution in [0.5, 0.6) is 5.75 Å². The number of rotatable bonds is 6. The Labute approximate surface area is 144 Å². The van der Waals surface area contributed by atoms with Gasteiger partial charge in [0.05, 0.1) is 7.11 Å². The van der Waals surface area contributed by atoms with Crippen LogP contribution in [0.1, 0.15) is 66.8 Å². The van der Waals surface area contributed by atoms with Gasteiger partial charge in [-0.05, 0) is 61.6 Å². The van der Waals surface area contributed by atoms with Crippen molar-refractivity contribution in [2.24, 2.45) is 0 Å². The molecule has 2 rings (SSSR count). The average molecular weight is 329 g/mol. The van der Waals surface area contributed by atoms with Gasteiger partial charge in [-0.1, -0.05) is 13.8 Å². The highest BCUT2D eigenvalue weighted by Crippen LogP contribution is 2.29. The Kier molecular flexibility index (Phi) is 5.65. The molecule has 0 spiro atoms. The first-order valence-electron chi connectivity index (χ1n) is 8.34. The maximum absolute atomic E-state index is 12.5. The highest BCUT2D eigenvalue weighted by molar-refractivity contribution is 5.92. The van der Waals surface area contributed by atoms with Gasteiger partial charge in [-0.15, -0.1) is 0 Å². The molecule has 130 valence electrons. The van der Waals surface area contributed by atoms with Crippen LogP contribution in [0.3, 0.4) is 0 Å². The largest absolute Gasteiger partial charge is 0.496 e. The van der Waals surface area contributed by atoms with E-state index >= 15 is 0 Å². The monoisotopic (exact) mass is 329 g/mol. The quantitative estimate of drug-likeness (QED) is 0.876. The minimum Gasteiger partial charge on any atom is -0.496 e. The van der Waals surface area contributed by atoms with Gasteiger partial charge < -0.3 is 10.1 Å². The van der Waals surface area contributed by atoms with E-state index in [9.17, 15) is 4.79 Å². The van der Waals surface area contributed by atoms with Crippen LogP contribution in [0.2, 0.25) is 0 Å². The third kappa shape index (κ3) is 3.78. The van der Waals surface area contributed by atoms with Crippen LogP contribution in [0.15, 0.2) is 24.4 Å². The van der Waals surface area contributed by atoms with Crippen LogP contribution in [0, 0.1) is 6.92 Å². The van der Waals surface area contributed by atoms with Gasteiger partial charge in [-0.3, -0.25) is 9.48 Å². The number of aryl methyl sites for hydroxylation is 1. The van der Waals surface area contributed by atoms with Crippen molar-refractivity contribution in [1.82, 2.24) is 15.1 Å². The van der Waals surface area contributed by atoms with E-state index < -0.39 is 0 Å².